The molecule has 0 atom stereocenters. The number of carbonyl (C=O) groups is 1. The van der Waals surface area contributed by atoms with Gasteiger partial charge in [-0.05, 0) is 0 Å². The number of rotatable bonds is 4. The van der Waals surface area contributed by atoms with Gasteiger partial charge in [0.15, 0.2) is 0 Å². The SMILES string of the molecule is [CH3][Mg][CH2]CCC=O. The van der Waals surface area contributed by atoms with E-state index in [-0.39, 0.29) is 20.4 Å². The van der Waals surface area contributed by atoms with Crippen LogP contribution in [0.2, 0.25) is 9.60 Å². The minimum atomic E-state index is 0.235. The molecule has 0 N–H and O–H groups in total. The van der Waals surface area contributed by atoms with Gasteiger partial charge in [-0.3, -0.25) is 0 Å². The van der Waals surface area contributed by atoms with Crippen molar-refractivity contribution in [2.45, 2.75) is 22.4 Å². The molecule has 0 spiro atoms. The van der Waals surface area contributed by atoms with E-state index in [4.69, 9.17) is 0 Å². The van der Waals surface area contributed by atoms with Crippen LogP contribution in [-0.2, 0) is 4.79 Å². The minimum Gasteiger partial charge on any atom is -0.303 e. The zero-order chi connectivity index (χ0) is 5.54. The summed E-state index contributed by atoms with van der Waals surface area (Å²) in [6.45, 7) is 0. The van der Waals surface area contributed by atoms with Gasteiger partial charge in [0.25, 0.3) is 0 Å². The Morgan fingerprint density at radius 3 is 2.86 bits per heavy atom. The standard InChI is InChI=1S/C4H7O.CH3.Mg/c1-2-3-4-5;;/h4H,1-3H2;1H3;. The number of carbonyl (C=O) groups excluding carboxylic acids is 1. The highest BCUT2D eigenvalue weighted by Crippen LogP contribution is 1.89. The van der Waals surface area contributed by atoms with Gasteiger partial charge < -0.3 is 4.79 Å². The molecule has 1 nitrogen and oxygen atoms in total. The lowest BCUT2D eigenvalue weighted by Crippen LogP contribution is -1.80. The molecule has 0 aromatic rings. The third kappa shape index (κ3) is 6.44. The molecule has 0 heterocycles. The molecule has 0 saturated heterocycles. The molecule has 0 saturated carbocycles. The van der Waals surface area contributed by atoms with Gasteiger partial charge in [-0.25, -0.2) is 0 Å². The molecule has 7 heavy (non-hydrogen) atoms. The van der Waals surface area contributed by atoms with Gasteiger partial charge in [0.1, 0.15) is 6.29 Å². The van der Waals surface area contributed by atoms with Gasteiger partial charge in [-0.15, -0.1) is 4.55 Å². The smallest absolute Gasteiger partial charge is 0.303 e. The first-order chi connectivity index (χ1) is 3.41. The van der Waals surface area contributed by atoms with Crippen LogP contribution in [0, 0.1) is 0 Å². The average Bonchev–Trinajstić information content (AvgIpc) is 1.69. The maximum atomic E-state index is 9.70. The van der Waals surface area contributed by atoms with Crippen molar-refractivity contribution in [2.24, 2.45) is 0 Å². The van der Waals surface area contributed by atoms with Crippen LogP contribution in [0.15, 0.2) is 0 Å². The fourth-order valence-corrected chi connectivity index (χ4v) is 1.27. The molecule has 0 unspecified atom stereocenters. The van der Waals surface area contributed by atoms with Gasteiger partial charge in [-0.1, -0.05) is 6.42 Å². The van der Waals surface area contributed by atoms with Crippen LogP contribution in [0.1, 0.15) is 12.8 Å². The Morgan fingerprint density at radius 2 is 2.43 bits per heavy atom. The van der Waals surface area contributed by atoms with E-state index in [1.165, 1.54) is 4.55 Å². The molecule has 0 amide bonds. The molecule has 0 aliphatic heterocycles. The molecule has 0 radical (unpaired) electrons. The fraction of sp³-hybridized carbons (Fsp3) is 0.800. The lowest BCUT2D eigenvalue weighted by molar-refractivity contribution is -0.107. The summed E-state index contributed by atoms with van der Waals surface area (Å²) in [4.78, 5) is 9.70. The van der Waals surface area contributed by atoms with E-state index in [2.05, 4.69) is 5.05 Å². The van der Waals surface area contributed by atoms with Crippen LogP contribution in [-0.4, -0.2) is 26.7 Å². The Bertz CT molecular complexity index is 45.3. The third-order valence-corrected chi connectivity index (χ3v) is 2.13. The van der Waals surface area contributed by atoms with Gasteiger partial charge in [0, 0.05) is 6.42 Å². The van der Waals surface area contributed by atoms with Crippen molar-refractivity contribution in [1.29, 1.82) is 0 Å². The highest BCUT2D eigenvalue weighted by atomic mass is 24.5. The van der Waals surface area contributed by atoms with E-state index < -0.39 is 0 Å². The van der Waals surface area contributed by atoms with E-state index >= 15 is 0 Å². The van der Waals surface area contributed by atoms with Crippen molar-refractivity contribution < 1.29 is 4.79 Å². The highest BCUT2D eigenvalue weighted by molar-refractivity contribution is 6.33. The maximum Gasteiger partial charge on any atom is 0.360 e. The zero-order valence-corrected chi connectivity index (χ0v) is 6.23. The second-order valence-electron chi connectivity index (χ2n) is 1.66. The van der Waals surface area contributed by atoms with Crippen molar-refractivity contribution in [3.63, 3.8) is 0 Å². The quantitative estimate of drug-likeness (QED) is 0.301. The predicted molar refractivity (Wildman–Crippen MR) is 31.7 cm³/mol. The number of aldehydes is 1. The van der Waals surface area contributed by atoms with Crippen LogP contribution in [0.5, 0.6) is 0 Å². The van der Waals surface area contributed by atoms with Crippen LogP contribution in [0.3, 0.4) is 0 Å². The molecule has 0 aromatic heterocycles. The molecule has 0 aliphatic carbocycles. The van der Waals surface area contributed by atoms with Crippen molar-refractivity contribution in [1.82, 2.24) is 0 Å². The van der Waals surface area contributed by atoms with Crippen molar-refractivity contribution in [3.8, 4) is 0 Å². The van der Waals surface area contributed by atoms with Crippen LogP contribution >= 0.6 is 0 Å². The first-order valence-electron chi connectivity index (χ1n) is 2.85. The third-order valence-electron chi connectivity index (χ3n) is 0.926. The summed E-state index contributed by atoms with van der Waals surface area (Å²) < 4.78 is 1.33. The molecular formula is C5H10MgO. The Hall–Kier alpha value is 0.436. The average molecular weight is 110 g/mol. The summed E-state index contributed by atoms with van der Waals surface area (Å²) in [5.41, 5.74) is 0. The highest BCUT2D eigenvalue weighted by Gasteiger charge is 1.84. The first kappa shape index (κ1) is 7.44. The summed E-state index contributed by atoms with van der Waals surface area (Å²) in [6.07, 6.45) is 2.91. The predicted octanol–water partition coefficient (Wildman–Crippen LogP) is 1.14. The Kier molecular flexibility index (Phi) is 6.84. The number of unbranched alkanes of at least 4 members (excludes halogenated alkanes) is 1. The lowest BCUT2D eigenvalue weighted by Gasteiger charge is -1.83. The second-order valence-corrected chi connectivity index (χ2v) is 3.37. The van der Waals surface area contributed by atoms with E-state index in [0.717, 1.165) is 19.1 Å². The van der Waals surface area contributed by atoms with E-state index in [1.807, 2.05) is 0 Å². The van der Waals surface area contributed by atoms with Gasteiger partial charge in [0.05, 0.1) is 0 Å². The van der Waals surface area contributed by atoms with E-state index in [1.54, 1.807) is 0 Å². The molecular weight excluding hydrogens is 100 g/mol. The Morgan fingerprint density at radius 1 is 1.71 bits per heavy atom. The topological polar surface area (TPSA) is 17.1 Å². The molecule has 0 rings (SSSR count). The maximum absolute atomic E-state index is 9.70. The number of hydrogen-bond donors (Lipinski definition) is 0. The zero-order valence-electron chi connectivity index (χ0n) is 4.81. The molecule has 0 bridgehead atoms. The minimum absolute atomic E-state index is 0.235. The summed E-state index contributed by atoms with van der Waals surface area (Å²) >= 11 is 0.235. The van der Waals surface area contributed by atoms with Crippen molar-refractivity contribution in [3.05, 3.63) is 0 Å². The monoisotopic (exact) mass is 110 g/mol. The van der Waals surface area contributed by atoms with Crippen molar-refractivity contribution in [2.75, 3.05) is 0 Å². The van der Waals surface area contributed by atoms with Crippen LogP contribution in [0.4, 0.5) is 0 Å². The lowest BCUT2D eigenvalue weighted by atomic mass is 10.4. The largest absolute Gasteiger partial charge is 0.360 e. The molecule has 0 fully saturated rings. The van der Waals surface area contributed by atoms with Crippen LogP contribution in [0.25, 0.3) is 0 Å². The van der Waals surface area contributed by atoms with Gasteiger partial charge in [0.2, 0.25) is 0 Å². The second kappa shape index (κ2) is 6.44. The summed E-state index contributed by atoms with van der Waals surface area (Å²) in [5, 5.41) is 2.27. The molecule has 2 heteroatoms. The summed E-state index contributed by atoms with van der Waals surface area (Å²) in [5.74, 6) is 0. The van der Waals surface area contributed by atoms with Crippen molar-refractivity contribution >= 4 is 26.7 Å². The van der Waals surface area contributed by atoms with Crippen LogP contribution < -0.4 is 0 Å². The fourth-order valence-electron chi connectivity index (χ4n) is 0.478. The molecule has 0 aliphatic rings. The van der Waals surface area contributed by atoms with E-state index in [9.17, 15) is 4.79 Å². The summed E-state index contributed by atoms with van der Waals surface area (Å²) in [6, 6.07) is 0. The van der Waals surface area contributed by atoms with Gasteiger partial charge >= 0.3 is 20.4 Å². The number of hydrogen-bond acceptors (Lipinski definition) is 1. The normalized spacial score (nSPS) is 7.57. The molecule has 0 aromatic carbocycles. The summed E-state index contributed by atoms with van der Waals surface area (Å²) in [7, 11) is 0. The first-order valence-corrected chi connectivity index (χ1v) is 5.27. The van der Waals surface area contributed by atoms with Gasteiger partial charge in [-0.2, -0.15) is 5.05 Å². The Labute approximate surface area is 54.2 Å². The Balaban J connectivity index is 2.56. The molecule has 38 valence electrons. The van der Waals surface area contributed by atoms with E-state index in [0.29, 0.717) is 0 Å².